The molecular formula is C8H12N2O. The van der Waals surface area contributed by atoms with Gasteiger partial charge in [0, 0.05) is 6.04 Å². The predicted molar refractivity (Wildman–Crippen MR) is 39.9 cm³/mol. The fourth-order valence-corrected chi connectivity index (χ4v) is 1.46. The molecule has 1 aliphatic carbocycles. The first-order valence-electron chi connectivity index (χ1n) is 4.12. The van der Waals surface area contributed by atoms with Crippen molar-refractivity contribution in [1.29, 1.82) is 5.26 Å². The van der Waals surface area contributed by atoms with Crippen molar-refractivity contribution in [3.8, 4) is 6.07 Å². The number of hydrogen-bond acceptors (Lipinski definition) is 3. The number of ether oxygens (including phenoxy) is 1. The minimum Gasteiger partial charge on any atom is -0.378 e. The molecular weight excluding hydrogens is 140 g/mol. The van der Waals surface area contributed by atoms with Crippen molar-refractivity contribution >= 4 is 0 Å². The molecule has 0 atom stereocenters. The van der Waals surface area contributed by atoms with Crippen LogP contribution in [-0.2, 0) is 4.74 Å². The maximum atomic E-state index is 8.55. The van der Waals surface area contributed by atoms with Crippen LogP contribution in [0.25, 0.3) is 0 Å². The molecule has 1 saturated carbocycles. The van der Waals surface area contributed by atoms with Crippen molar-refractivity contribution in [3.63, 3.8) is 0 Å². The van der Waals surface area contributed by atoms with Gasteiger partial charge in [-0.15, -0.1) is 0 Å². The van der Waals surface area contributed by atoms with E-state index in [1.807, 2.05) is 0 Å². The van der Waals surface area contributed by atoms with E-state index in [0.29, 0.717) is 18.6 Å². The molecule has 3 nitrogen and oxygen atoms in total. The summed E-state index contributed by atoms with van der Waals surface area (Å²) in [6, 6.07) is 3.45. The fraction of sp³-hybridized carbons (Fsp3) is 0.875. The molecule has 1 saturated heterocycles. The van der Waals surface area contributed by atoms with Crippen LogP contribution in [-0.4, -0.2) is 36.7 Å². The van der Waals surface area contributed by atoms with Gasteiger partial charge in [-0.1, -0.05) is 0 Å². The summed E-state index contributed by atoms with van der Waals surface area (Å²) in [4.78, 5) is 2.28. The molecule has 1 aliphatic heterocycles. The lowest BCUT2D eigenvalue weighted by atomic mass is 10.2. The molecule has 0 radical (unpaired) electrons. The molecule has 0 spiro atoms. The first-order valence-corrected chi connectivity index (χ1v) is 4.12. The zero-order valence-corrected chi connectivity index (χ0v) is 6.49. The van der Waals surface area contributed by atoms with Gasteiger partial charge in [-0.25, -0.2) is 0 Å². The van der Waals surface area contributed by atoms with Gasteiger partial charge in [0.05, 0.1) is 31.9 Å². The lowest BCUT2D eigenvalue weighted by Crippen LogP contribution is -2.50. The molecule has 3 heteroatoms. The Balaban J connectivity index is 1.87. The smallest absolute Gasteiger partial charge is 0.0872 e. The number of nitrogens with zero attached hydrogens (tertiary/aromatic N) is 2. The highest BCUT2D eigenvalue weighted by atomic mass is 16.5. The summed E-state index contributed by atoms with van der Waals surface area (Å²) >= 11 is 0. The Morgan fingerprint density at radius 3 is 2.45 bits per heavy atom. The lowest BCUT2D eigenvalue weighted by molar-refractivity contribution is -0.0635. The second-order valence-corrected chi connectivity index (χ2v) is 3.25. The molecule has 11 heavy (non-hydrogen) atoms. The Kier molecular flexibility index (Phi) is 1.80. The third kappa shape index (κ3) is 1.37. The topological polar surface area (TPSA) is 36.3 Å². The van der Waals surface area contributed by atoms with E-state index in [9.17, 15) is 0 Å². The molecule has 2 rings (SSSR count). The standard InChI is InChI=1S/C8H12N2O/c9-3-4-10(7-1-2-7)8-5-11-6-8/h7-8H,1-2,4-6H2. The van der Waals surface area contributed by atoms with E-state index < -0.39 is 0 Å². The minimum atomic E-state index is 0.544. The summed E-state index contributed by atoms with van der Waals surface area (Å²) in [5.41, 5.74) is 0. The van der Waals surface area contributed by atoms with E-state index >= 15 is 0 Å². The summed E-state index contributed by atoms with van der Waals surface area (Å²) in [6.45, 7) is 2.25. The van der Waals surface area contributed by atoms with E-state index in [1.165, 1.54) is 12.8 Å². The van der Waals surface area contributed by atoms with Crippen LogP contribution in [0.2, 0.25) is 0 Å². The predicted octanol–water partition coefficient (Wildman–Crippen LogP) is 0.373. The van der Waals surface area contributed by atoms with Crippen LogP contribution < -0.4 is 0 Å². The normalized spacial score (nSPS) is 24.7. The molecule has 2 aliphatic rings. The summed E-state index contributed by atoms with van der Waals surface area (Å²) in [7, 11) is 0. The van der Waals surface area contributed by atoms with Crippen LogP contribution in [0.15, 0.2) is 0 Å². The van der Waals surface area contributed by atoms with Crippen LogP contribution in [0.3, 0.4) is 0 Å². The summed E-state index contributed by atoms with van der Waals surface area (Å²) in [5, 5.41) is 8.55. The second kappa shape index (κ2) is 2.80. The quantitative estimate of drug-likeness (QED) is 0.548. The largest absolute Gasteiger partial charge is 0.378 e. The molecule has 2 fully saturated rings. The van der Waals surface area contributed by atoms with E-state index in [-0.39, 0.29) is 0 Å². The molecule has 0 aromatic rings. The molecule has 0 bridgehead atoms. The molecule has 0 unspecified atom stereocenters. The highest BCUT2D eigenvalue weighted by Gasteiger charge is 2.36. The first-order chi connectivity index (χ1) is 5.42. The van der Waals surface area contributed by atoms with Crippen molar-refractivity contribution in [1.82, 2.24) is 4.90 Å². The first kappa shape index (κ1) is 7.08. The molecule has 0 aromatic carbocycles. The van der Waals surface area contributed by atoms with Crippen LogP contribution in [0.1, 0.15) is 12.8 Å². The van der Waals surface area contributed by atoms with Gasteiger partial charge >= 0.3 is 0 Å². The van der Waals surface area contributed by atoms with Gasteiger partial charge < -0.3 is 4.74 Å². The van der Waals surface area contributed by atoms with Gasteiger partial charge in [-0.05, 0) is 12.8 Å². The average molecular weight is 152 g/mol. The zero-order valence-electron chi connectivity index (χ0n) is 6.49. The van der Waals surface area contributed by atoms with E-state index in [1.54, 1.807) is 0 Å². The fourth-order valence-electron chi connectivity index (χ4n) is 1.46. The summed E-state index contributed by atoms with van der Waals surface area (Å²) in [6.07, 6.45) is 2.55. The lowest BCUT2D eigenvalue weighted by Gasteiger charge is -2.35. The van der Waals surface area contributed by atoms with Crippen molar-refractivity contribution in [3.05, 3.63) is 0 Å². The molecule has 0 aromatic heterocycles. The zero-order chi connectivity index (χ0) is 7.68. The van der Waals surface area contributed by atoms with Gasteiger partial charge in [0.25, 0.3) is 0 Å². The monoisotopic (exact) mass is 152 g/mol. The average Bonchev–Trinajstić information content (AvgIpc) is 2.63. The maximum Gasteiger partial charge on any atom is 0.0872 e. The van der Waals surface area contributed by atoms with Gasteiger partial charge in [0.15, 0.2) is 0 Å². The van der Waals surface area contributed by atoms with E-state index in [0.717, 1.165) is 13.2 Å². The molecule has 0 amide bonds. The Morgan fingerprint density at radius 2 is 2.09 bits per heavy atom. The summed E-state index contributed by atoms with van der Waals surface area (Å²) in [5.74, 6) is 0. The highest BCUT2D eigenvalue weighted by molar-refractivity contribution is 4.95. The van der Waals surface area contributed by atoms with Crippen molar-refractivity contribution in [2.45, 2.75) is 24.9 Å². The maximum absolute atomic E-state index is 8.55. The van der Waals surface area contributed by atoms with Crippen molar-refractivity contribution in [2.75, 3.05) is 19.8 Å². The number of hydrogen-bond donors (Lipinski definition) is 0. The Bertz CT molecular complexity index is 179. The van der Waals surface area contributed by atoms with Crippen LogP contribution >= 0.6 is 0 Å². The van der Waals surface area contributed by atoms with Crippen LogP contribution in [0.4, 0.5) is 0 Å². The molecule has 1 heterocycles. The van der Waals surface area contributed by atoms with Gasteiger partial charge in [0.1, 0.15) is 0 Å². The van der Waals surface area contributed by atoms with Gasteiger partial charge in [-0.3, -0.25) is 4.90 Å². The SMILES string of the molecule is N#CCN(C1CC1)C1COC1. The van der Waals surface area contributed by atoms with Crippen LogP contribution in [0, 0.1) is 11.3 Å². The van der Waals surface area contributed by atoms with Gasteiger partial charge in [-0.2, -0.15) is 5.26 Å². The van der Waals surface area contributed by atoms with Crippen LogP contribution in [0.5, 0.6) is 0 Å². The van der Waals surface area contributed by atoms with E-state index in [2.05, 4.69) is 11.0 Å². The van der Waals surface area contributed by atoms with Crippen molar-refractivity contribution < 1.29 is 4.74 Å². The number of rotatable bonds is 3. The number of nitriles is 1. The second-order valence-electron chi connectivity index (χ2n) is 3.25. The van der Waals surface area contributed by atoms with Gasteiger partial charge in [0.2, 0.25) is 0 Å². The third-order valence-corrected chi connectivity index (χ3v) is 2.36. The highest BCUT2D eigenvalue weighted by Crippen LogP contribution is 2.29. The molecule has 60 valence electrons. The van der Waals surface area contributed by atoms with Crippen molar-refractivity contribution in [2.24, 2.45) is 0 Å². The third-order valence-electron chi connectivity index (χ3n) is 2.36. The Labute approximate surface area is 66.5 Å². The van der Waals surface area contributed by atoms with E-state index in [4.69, 9.17) is 10.00 Å². The Morgan fingerprint density at radius 1 is 1.36 bits per heavy atom. The summed E-state index contributed by atoms with van der Waals surface area (Å²) < 4.78 is 5.09. The Hall–Kier alpha value is -0.590. The minimum absolute atomic E-state index is 0.544. The molecule has 0 N–H and O–H groups in total.